The van der Waals surface area contributed by atoms with Gasteiger partial charge in [0.1, 0.15) is 10.6 Å². The van der Waals surface area contributed by atoms with E-state index in [4.69, 9.17) is 5.73 Å². The third kappa shape index (κ3) is 2.56. The average molecular weight is 305 g/mol. The first-order valence-electron chi connectivity index (χ1n) is 6.89. The normalized spacial score (nSPS) is 18.2. The van der Waals surface area contributed by atoms with E-state index in [9.17, 15) is 0 Å². The van der Waals surface area contributed by atoms with Gasteiger partial charge in [-0.2, -0.15) is 0 Å². The molecule has 1 aliphatic rings. The molecule has 0 aliphatic heterocycles. The average Bonchev–Trinajstić information content (AvgIpc) is 2.73. The van der Waals surface area contributed by atoms with Gasteiger partial charge in [-0.05, 0) is 37.7 Å². The molecule has 106 valence electrons. The van der Waals surface area contributed by atoms with E-state index in [1.54, 1.807) is 23.1 Å². The van der Waals surface area contributed by atoms with Crippen LogP contribution in [0.15, 0.2) is 17.3 Å². The third-order valence-electron chi connectivity index (χ3n) is 3.61. The van der Waals surface area contributed by atoms with Gasteiger partial charge in [-0.15, -0.1) is 11.3 Å². The summed E-state index contributed by atoms with van der Waals surface area (Å²) in [4.78, 5) is 11.7. The summed E-state index contributed by atoms with van der Waals surface area (Å²) < 4.78 is 0. The second-order valence-corrected chi connectivity index (χ2v) is 7.70. The first-order valence-corrected chi connectivity index (χ1v) is 8.69. The zero-order chi connectivity index (χ0) is 14.3. The van der Waals surface area contributed by atoms with Crippen LogP contribution < -0.4 is 5.73 Å². The number of fused-ring (bicyclic) bond motifs is 3. The predicted molar refractivity (Wildman–Crippen MR) is 88.6 cm³/mol. The highest BCUT2D eigenvalue weighted by molar-refractivity contribution is 7.99. The highest BCUT2D eigenvalue weighted by Gasteiger charge is 2.23. The molecule has 0 saturated carbocycles. The monoisotopic (exact) mass is 305 g/mol. The standard InChI is InChI=1S/C15H19N3S2/c1-8(2)7-19-15-17-13(16)12-10-5-4-9(3)6-11(10)20-14(12)18-15/h9H,1,4-7H2,2-3H3,(H2,16,17,18). The summed E-state index contributed by atoms with van der Waals surface area (Å²) in [6.45, 7) is 8.24. The summed E-state index contributed by atoms with van der Waals surface area (Å²) in [5.74, 6) is 2.25. The molecule has 0 spiro atoms. The summed E-state index contributed by atoms with van der Waals surface area (Å²) >= 11 is 3.41. The predicted octanol–water partition coefficient (Wildman–Crippen LogP) is 4.07. The van der Waals surface area contributed by atoms with Crippen molar-refractivity contribution in [3.05, 3.63) is 22.6 Å². The Bertz CT molecular complexity index is 675. The van der Waals surface area contributed by atoms with E-state index in [1.807, 2.05) is 6.92 Å². The van der Waals surface area contributed by atoms with E-state index in [1.165, 1.54) is 16.9 Å². The number of nitrogens with two attached hydrogens (primary N) is 1. The van der Waals surface area contributed by atoms with Crippen LogP contribution in [0.1, 0.15) is 30.7 Å². The summed E-state index contributed by atoms with van der Waals surface area (Å²) in [5, 5.41) is 1.88. The van der Waals surface area contributed by atoms with Gasteiger partial charge < -0.3 is 5.73 Å². The third-order valence-corrected chi connectivity index (χ3v) is 5.84. The Kier molecular flexibility index (Phi) is 3.73. The number of anilines is 1. The minimum absolute atomic E-state index is 0.645. The molecule has 5 heteroatoms. The van der Waals surface area contributed by atoms with Crippen molar-refractivity contribution in [3.63, 3.8) is 0 Å². The second-order valence-electron chi connectivity index (χ2n) is 5.67. The number of thiophene rings is 1. The molecular formula is C15H19N3S2. The molecule has 2 N–H and O–H groups in total. The summed E-state index contributed by atoms with van der Waals surface area (Å²) in [5.41, 5.74) is 8.71. The van der Waals surface area contributed by atoms with Crippen molar-refractivity contribution in [1.29, 1.82) is 0 Å². The van der Waals surface area contributed by atoms with E-state index < -0.39 is 0 Å². The molecule has 1 atom stereocenters. The van der Waals surface area contributed by atoms with E-state index in [2.05, 4.69) is 23.5 Å². The van der Waals surface area contributed by atoms with Crippen molar-refractivity contribution in [2.75, 3.05) is 11.5 Å². The van der Waals surface area contributed by atoms with Gasteiger partial charge >= 0.3 is 0 Å². The number of nitrogen functional groups attached to an aromatic ring is 1. The maximum Gasteiger partial charge on any atom is 0.191 e. The zero-order valence-corrected chi connectivity index (χ0v) is 13.5. The fourth-order valence-electron chi connectivity index (χ4n) is 2.60. The topological polar surface area (TPSA) is 51.8 Å². The van der Waals surface area contributed by atoms with Crippen LogP contribution in [0.5, 0.6) is 0 Å². The van der Waals surface area contributed by atoms with E-state index in [-0.39, 0.29) is 0 Å². The summed E-state index contributed by atoms with van der Waals surface area (Å²) in [6.07, 6.45) is 3.51. The summed E-state index contributed by atoms with van der Waals surface area (Å²) in [7, 11) is 0. The van der Waals surface area contributed by atoms with Crippen molar-refractivity contribution in [2.45, 2.75) is 38.3 Å². The molecule has 0 bridgehead atoms. The number of aromatic nitrogens is 2. The Labute approximate surface area is 127 Å². The Balaban J connectivity index is 2.02. The van der Waals surface area contributed by atoms with Crippen LogP contribution in [-0.4, -0.2) is 15.7 Å². The molecule has 2 aromatic heterocycles. The molecular weight excluding hydrogens is 286 g/mol. The molecule has 0 radical (unpaired) electrons. The van der Waals surface area contributed by atoms with Crippen molar-refractivity contribution in [1.82, 2.24) is 9.97 Å². The minimum Gasteiger partial charge on any atom is -0.383 e. The lowest BCUT2D eigenvalue weighted by Crippen LogP contribution is -2.09. The van der Waals surface area contributed by atoms with Crippen LogP contribution in [0.2, 0.25) is 0 Å². The first-order chi connectivity index (χ1) is 9.54. The van der Waals surface area contributed by atoms with Crippen LogP contribution in [0, 0.1) is 5.92 Å². The number of aryl methyl sites for hydroxylation is 1. The van der Waals surface area contributed by atoms with Gasteiger partial charge in [0, 0.05) is 10.6 Å². The van der Waals surface area contributed by atoms with Gasteiger partial charge in [-0.3, -0.25) is 0 Å². The minimum atomic E-state index is 0.645. The molecule has 2 aromatic rings. The van der Waals surface area contributed by atoms with Crippen LogP contribution in [0.4, 0.5) is 5.82 Å². The molecule has 0 saturated heterocycles. The van der Waals surface area contributed by atoms with Gasteiger partial charge in [0.05, 0.1) is 5.39 Å². The lowest BCUT2D eigenvalue weighted by Gasteiger charge is -2.17. The number of nitrogens with zero attached hydrogens (tertiary/aromatic N) is 2. The second kappa shape index (κ2) is 5.37. The van der Waals surface area contributed by atoms with E-state index >= 15 is 0 Å². The molecule has 3 rings (SSSR count). The van der Waals surface area contributed by atoms with Crippen LogP contribution in [-0.2, 0) is 12.8 Å². The highest BCUT2D eigenvalue weighted by atomic mass is 32.2. The lowest BCUT2D eigenvalue weighted by molar-refractivity contribution is 0.509. The smallest absolute Gasteiger partial charge is 0.191 e. The fourth-order valence-corrected chi connectivity index (χ4v) is 4.74. The Morgan fingerprint density at radius 2 is 2.30 bits per heavy atom. The number of rotatable bonds is 3. The number of thioether (sulfide) groups is 1. The number of hydrogen-bond donors (Lipinski definition) is 1. The molecule has 3 nitrogen and oxygen atoms in total. The molecule has 1 aliphatic carbocycles. The van der Waals surface area contributed by atoms with Gasteiger partial charge in [-0.1, -0.05) is 30.8 Å². The SMILES string of the molecule is C=C(C)CSc1nc(N)c2c3c(sc2n1)CC(C)CC3. The van der Waals surface area contributed by atoms with Gasteiger partial charge in [0.15, 0.2) is 5.16 Å². The fraction of sp³-hybridized carbons (Fsp3) is 0.467. The Morgan fingerprint density at radius 1 is 1.50 bits per heavy atom. The van der Waals surface area contributed by atoms with Gasteiger partial charge in [0.2, 0.25) is 0 Å². The number of hydrogen-bond acceptors (Lipinski definition) is 5. The van der Waals surface area contributed by atoms with Crippen LogP contribution in [0.25, 0.3) is 10.2 Å². The Morgan fingerprint density at radius 3 is 3.05 bits per heavy atom. The molecule has 1 unspecified atom stereocenters. The largest absolute Gasteiger partial charge is 0.383 e. The quantitative estimate of drug-likeness (QED) is 0.527. The molecule has 0 amide bonds. The van der Waals surface area contributed by atoms with Crippen molar-refractivity contribution < 1.29 is 0 Å². The van der Waals surface area contributed by atoms with Crippen LogP contribution >= 0.6 is 23.1 Å². The van der Waals surface area contributed by atoms with Crippen LogP contribution in [0.3, 0.4) is 0 Å². The van der Waals surface area contributed by atoms with Crippen molar-refractivity contribution in [3.8, 4) is 0 Å². The van der Waals surface area contributed by atoms with Gasteiger partial charge in [0.25, 0.3) is 0 Å². The van der Waals surface area contributed by atoms with E-state index in [0.717, 1.165) is 45.5 Å². The maximum absolute atomic E-state index is 6.19. The Hall–Kier alpha value is -1.07. The molecule has 2 heterocycles. The first kappa shape index (κ1) is 13.9. The molecule has 20 heavy (non-hydrogen) atoms. The molecule has 0 fully saturated rings. The zero-order valence-electron chi connectivity index (χ0n) is 11.9. The lowest BCUT2D eigenvalue weighted by atomic mass is 9.89. The maximum atomic E-state index is 6.19. The van der Waals surface area contributed by atoms with Crippen molar-refractivity contribution >= 4 is 39.1 Å². The summed E-state index contributed by atoms with van der Waals surface area (Å²) in [6, 6.07) is 0. The van der Waals surface area contributed by atoms with Gasteiger partial charge in [-0.25, -0.2) is 9.97 Å². The van der Waals surface area contributed by atoms with E-state index in [0.29, 0.717) is 5.82 Å². The highest BCUT2D eigenvalue weighted by Crippen LogP contribution is 2.39. The van der Waals surface area contributed by atoms with Crippen molar-refractivity contribution in [2.24, 2.45) is 5.92 Å². The molecule has 0 aromatic carbocycles.